The lowest BCUT2D eigenvalue weighted by atomic mass is 9.64. The first-order valence-electron chi connectivity index (χ1n) is 28.1. The summed E-state index contributed by atoms with van der Waals surface area (Å²) in [6.45, 7) is 4.88. The van der Waals surface area contributed by atoms with Gasteiger partial charge >= 0.3 is 0 Å². The second-order valence-electron chi connectivity index (χ2n) is 21.7. The molecule has 2 saturated carbocycles. The van der Waals surface area contributed by atoms with Gasteiger partial charge in [0, 0.05) is 34.1 Å². The first-order valence-corrected chi connectivity index (χ1v) is 28.1. The van der Waals surface area contributed by atoms with E-state index in [1.165, 1.54) is 131 Å². The summed E-state index contributed by atoms with van der Waals surface area (Å²) in [5.74, 6) is 1.30. The summed E-state index contributed by atoms with van der Waals surface area (Å²) < 4.78 is 0. The standard InChI is InChI=1S/C74H66N2/c1-53-23-9-2-22-36-68-71-50-58-41-46-66(75(62-32-18-7-19-33-62)64-42-37-56(38-43-64)54-24-10-3-11-25-54)49-59(58)51-72(71)74(60-28-14-5-15-29-60,61-30-16-6-17-31-61)73(68)69-48-47-67(52-70(53)69)76(63-34-20-8-21-35-63)65-44-39-57(40-45-65)55-26-12-4-13-27-55/h2,5-9,14-23,28-35,37-52,54-55H,1,3-4,10-13,24-27,36H2/b22-2-,23-9-. The smallest absolute Gasteiger partial charge is 0.0716 e. The average Bonchev–Trinajstić information content (AvgIpc) is 3.80. The molecule has 0 heterocycles. The Morgan fingerprint density at radius 3 is 1.39 bits per heavy atom. The van der Waals surface area contributed by atoms with Gasteiger partial charge in [-0.05, 0) is 201 Å². The van der Waals surface area contributed by atoms with Gasteiger partial charge in [-0.1, -0.05) is 203 Å². The molecule has 2 nitrogen and oxygen atoms in total. The normalized spacial score (nSPS) is 17.3. The Hall–Kier alpha value is -8.20. The van der Waals surface area contributed by atoms with Crippen molar-refractivity contribution in [1.82, 2.24) is 0 Å². The molecule has 0 radical (unpaired) electrons. The molecule has 2 fully saturated rings. The maximum absolute atomic E-state index is 4.88. The highest BCUT2D eigenvalue weighted by molar-refractivity contribution is 6.10. The summed E-state index contributed by atoms with van der Waals surface area (Å²) in [7, 11) is 0. The van der Waals surface area contributed by atoms with Gasteiger partial charge in [0.2, 0.25) is 0 Å². The van der Waals surface area contributed by atoms with Crippen LogP contribution >= 0.6 is 0 Å². The summed E-state index contributed by atoms with van der Waals surface area (Å²) in [5, 5.41) is 2.43. The van der Waals surface area contributed by atoms with Crippen molar-refractivity contribution in [2.24, 2.45) is 0 Å². The lowest BCUT2D eigenvalue weighted by Crippen LogP contribution is -2.29. The first kappa shape index (κ1) is 47.5. The molecule has 0 saturated heterocycles. The molecule has 4 aliphatic rings. The third-order valence-electron chi connectivity index (χ3n) is 17.3. The maximum Gasteiger partial charge on any atom is 0.0716 e. The molecule has 4 aliphatic carbocycles. The molecule has 0 aliphatic heterocycles. The van der Waals surface area contributed by atoms with Crippen LogP contribution in [0.4, 0.5) is 34.1 Å². The quantitative estimate of drug-likeness (QED) is 0.135. The number of fused-ring (bicyclic) bond motifs is 5. The zero-order valence-electron chi connectivity index (χ0n) is 43.6. The molecule has 0 aromatic heterocycles. The molecule has 0 unspecified atom stereocenters. The molecule has 372 valence electrons. The van der Waals surface area contributed by atoms with Crippen LogP contribution in [0.25, 0.3) is 27.5 Å². The van der Waals surface area contributed by atoms with E-state index in [2.05, 4.69) is 252 Å². The summed E-state index contributed by atoms with van der Waals surface area (Å²) in [5.41, 5.74) is 20.1. The van der Waals surface area contributed by atoms with Crippen LogP contribution in [0.5, 0.6) is 0 Å². The minimum absolute atomic E-state index is 0.645. The third-order valence-corrected chi connectivity index (χ3v) is 17.3. The summed E-state index contributed by atoms with van der Waals surface area (Å²) in [6, 6.07) is 82.6. The number of benzene rings is 9. The van der Waals surface area contributed by atoms with Crippen molar-refractivity contribution in [3.8, 4) is 0 Å². The molecule has 0 bridgehead atoms. The van der Waals surface area contributed by atoms with E-state index in [4.69, 9.17) is 6.58 Å². The zero-order valence-corrected chi connectivity index (χ0v) is 43.6. The highest BCUT2D eigenvalue weighted by atomic mass is 15.1. The highest BCUT2D eigenvalue weighted by Crippen LogP contribution is 2.61. The lowest BCUT2D eigenvalue weighted by molar-refractivity contribution is 0.443. The number of nitrogens with zero attached hydrogens (tertiary/aromatic N) is 2. The van der Waals surface area contributed by atoms with Gasteiger partial charge in [-0.3, -0.25) is 0 Å². The average molecular weight is 983 g/mol. The Kier molecular flexibility index (Phi) is 13.0. The van der Waals surface area contributed by atoms with E-state index >= 15 is 0 Å². The fourth-order valence-corrected chi connectivity index (χ4v) is 13.6. The van der Waals surface area contributed by atoms with Crippen LogP contribution in [0.15, 0.2) is 249 Å². The van der Waals surface area contributed by atoms with E-state index in [9.17, 15) is 0 Å². The molecule has 0 spiro atoms. The monoisotopic (exact) mass is 983 g/mol. The van der Waals surface area contributed by atoms with Crippen molar-refractivity contribution < 1.29 is 0 Å². The van der Waals surface area contributed by atoms with E-state index in [0.717, 1.165) is 46.0 Å². The van der Waals surface area contributed by atoms with Gasteiger partial charge in [0.15, 0.2) is 0 Å². The molecule has 0 amide bonds. The van der Waals surface area contributed by atoms with E-state index in [1.54, 1.807) is 0 Å². The number of hydrogen-bond acceptors (Lipinski definition) is 2. The second kappa shape index (κ2) is 20.8. The molecule has 9 aromatic rings. The van der Waals surface area contributed by atoms with Crippen LogP contribution in [0, 0.1) is 0 Å². The summed E-state index contributed by atoms with van der Waals surface area (Å²) >= 11 is 0. The van der Waals surface area contributed by atoms with Crippen LogP contribution in [0.1, 0.15) is 127 Å². The third kappa shape index (κ3) is 8.74. The molecular formula is C74H66N2. The second-order valence-corrected chi connectivity index (χ2v) is 21.7. The van der Waals surface area contributed by atoms with Crippen LogP contribution in [0.3, 0.4) is 0 Å². The van der Waals surface area contributed by atoms with Crippen LogP contribution in [-0.2, 0) is 5.41 Å². The van der Waals surface area contributed by atoms with Crippen molar-refractivity contribution in [2.75, 3.05) is 9.80 Å². The minimum Gasteiger partial charge on any atom is -0.310 e. The van der Waals surface area contributed by atoms with E-state index < -0.39 is 5.41 Å². The van der Waals surface area contributed by atoms with Crippen molar-refractivity contribution in [3.05, 3.63) is 294 Å². The van der Waals surface area contributed by atoms with Gasteiger partial charge in [0.25, 0.3) is 0 Å². The predicted molar refractivity (Wildman–Crippen MR) is 323 cm³/mol. The van der Waals surface area contributed by atoms with Crippen LogP contribution in [-0.4, -0.2) is 0 Å². The Balaban J connectivity index is 1.00. The van der Waals surface area contributed by atoms with E-state index in [-0.39, 0.29) is 0 Å². The first-order chi connectivity index (χ1) is 37.6. The number of rotatable bonds is 10. The van der Waals surface area contributed by atoms with E-state index in [1.807, 2.05) is 0 Å². The van der Waals surface area contributed by atoms with Gasteiger partial charge < -0.3 is 9.80 Å². The molecule has 0 N–H and O–H groups in total. The van der Waals surface area contributed by atoms with Crippen molar-refractivity contribution in [2.45, 2.75) is 87.9 Å². The molecular weight excluding hydrogens is 917 g/mol. The molecule has 76 heavy (non-hydrogen) atoms. The van der Waals surface area contributed by atoms with E-state index in [0.29, 0.717) is 11.8 Å². The van der Waals surface area contributed by atoms with Gasteiger partial charge in [0.1, 0.15) is 0 Å². The molecule has 0 atom stereocenters. The van der Waals surface area contributed by atoms with Crippen molar-refractivity contribution >= 4 is 61.6 Å². The molecule has 13 rings (SSSR count). The SMILES string of the molecule is C=C1/C=C\C=C/CC2=C(c3ccc(N(c4ccccc4)c4ccc(C5CCCCC5)cc4)cc31)C(c1ccccc1)(c1ccccc1)c1cc3cc(N(c4ccccc4)c4ccc(C5CCCCC5)cc4)ccc3cc12. The predicted octanol–water partition coefficient (Wildman–Crippen LogP) is 20.7. The topological polar surface area (TPSA) is 6.48 Å². The number of para-hydroxylation sites is 2. The Morgan fingerprint density at radius 1 is 0.382 bits per heavy atom. The number of allylic oxidation sites excluding steroid dienone is 7. The number of anilines is 6. The van der Waals surface area contributed by atoms with Gasteiger partial charge in [-0.25, -0.2) is 0 Å². The summed E-state index contributed by atoms with van der Waals surface area (Å²) in [4.78, 5) is 4.86. The van der Waals surface area contributed by atoms with Crippen molar-refractivity contribution in [3.63, 3.8) is 0 Å². The Bertz CT molecular complexity index is 3570. The van der Waals surface area contributed by atoms with Crippen molar-refractivity contribution in [1.29, 1.82) is 0 Å². The zero-order chi connectivity index (χ0) is 50.8. The lowest BCUT2D eigenvalue weighted by Gasteiger charge is -2.37. The van der Waals surface area contributed by atoms with Gasteiger partial charge in [-0.15, -0.1) is 0 Å². The minimum atomic E-state index is -0.674. The van der Waals surface area contributed by atoms with Crippen LogP contribution in [0.2, 0.25) is 0 Å². The molecule has 2 heteroatoms. The van der Waals surface area contributed by atoms with Gasteiger partial charge in [0.05, 0.1) is 5.41 Å². The Morgan fingerprint density at radius 2 is 0.855 bits per heavy atom. The van der Waals surface area contributed by atoms with Gasteiger partial charge in [-0.2, -0.15) is 0 Å². The fraction of sp³-hybridized carbons (Fsp3) is 0.189. The highest BCUT2D eigenvalue weighted by Gasteiger charge is 2.49. The fourth-order valence-electron chi connectivity index (χ4n) is 13.6. The maximum atomic E-state index is 4.88. The Labute approximate surface area is 450 Å². The molecule has 9 aromatic carbocycles. The number of hydrogen-bond donors (Lipinski definition) is 0. The summed E-state index contributed by atoms with van der Waals surface area (Å²) in [6.07, 6.45) is 22.9. The largest absolute Gasteiger partial charge is 0.310 e. The van der Waals surface area contributed by atoms with Crippen LogP contribution < -0.4 is 9.80 Å².